The highest BCUT2D eigenvalue weighted by Gasteiger charge is 2.40. The summed E-state index contributed by atoms with van der Waals surface area (Å²) >= 11 is 6.84. The molecular weight excluding hydrogens is 779 g/mol. The number of thiazole rings is 1. The number of likely N-dealkylation sites (tertiary alicyclic amines) is 1. The molecule has 7 atom stereocenters. The van der Waals surface area contributed by atoms with Crippen LogP contribution in [0.5, 0.6) is 0 Å². The lowest BCUT2D eigenvalue weighted by atomic mass is 10.0. The van der Waals surface area contributed by atoms with Crippen molar-refractivity contribution < 1.29 is 48.1 Å². The monoisotopic (exact) mass is 831 g/mol. The lowest BCUT2D eigenvalue weighted by molar-refractivity contribution is -0.151. The summed E-state index contributed by atoms with van der Waals surface area (Å²) in [5, 5.41) is 22.3. The summed E-state index contributed by atoms with van der Waals surface area (Å²) in [7, 11) is 0. The Bertz CT molecular complexity index is 1770. The smallest absolute Gasteiger partial charge is 0.355 e. The number of thiocarbonyl (C=S) groups is 1. The summed E-state index contributed by atoms with van der Waals surface area (Å²) in [5.74, 6) is -5.71. The van der Waals surface area contributed by atoms with Gasteiger partial charge < -0.3 is 46.5 Å². The van der Waals surface area contributed by atoms with Crippen LogP contribution >= 0.6 is 23.6 Å². The molecule has 0 bridgehead atoms. The second-order valence-corrected chi connectivity index (χ2v) is 15.8. The number of hydrogen-bond donors (Lipinski definition) is 6. The van der Waals surface area contributed by atoms with Gasteiger partial charge in [0, 0.05) is 25.8 Å². The van der Waals surface area contributed by atoms with Gasteiger partial charge in [0.1, 0.15) is 35.8 Å². The molecule has 1 aromatic heterocycles. The minimum Gasteiger partial charge on any atom is -0.476 e. The van der Waals surface area contributed by atoms with Gasteiger partial charge in [-0.25, -0.2) is 9.78 Å². The molecule has 7 N–H and O–H groups in total. The number of hydrogen-bond acceptors (Lipinski definition) is 13. The zero-order valence-corrected chi connectivity index (χ0v) is 34.7. The molecule has 0 aliphatic carbocycles. The van der Waals surface area contributed by atoms with E-state index in [1.807, 2.05) is 44.2 Å². The van der Waals surface area contributed by atoms with Crippen LogP contribution in [0.15, 0.2) is 35.7 Å². The van der Waals surface area contributed by atoms with Crippen molar-refractivity contribution in [1.29, 1.82) is 0 Å². The van der Waals surface area contributed by atoms with Gasteiger partial charge in [0.05, 0.1) is 23.1 Å². The van der Waals surface area contributed by atoms with Crippen molar-refractivity contribution in [2.24, 2.45) is 17.6 Å². The van der Waals surface area contributed by atoms with E-state index in [4.69, 9.17) is 27.4 Å². The number of nitrogens with zero attached hydrogens (tertiary/aromatic N) is 2. The molecule has 1 aliphatic rings. The van der Waals surface area contributed by atoms with Crippen LogP contribution < -0.4 is 27.0 Å². The maximum atomic E-state index is 14.2. The number of rotatable bonds is 19. The van der Waals surface area contributed by atoms with Crippen molar-refractivity contribution in [3.8, 4) is 0 Å². The number of ether oxygens (including phenoxy) is 2. The number of aromatic nitrogens is 1. The molecule has 0 saturated carbocycles. The first-order valence-corrected chi connectivity index (χ1v) is 19.9. The Morgan fingerprint density at radius 3 is 2.12 bits per heavy atom. The normalized spacial score (nSPS) is 17.0. The molecule has 3 rings (SSSR count). The number of amides is 4. The summed E-state index contributed by atoms with van der Waals surface area (Å²) in [6, 6.07) is 2.95. The third-order valence-corrected chi connectivity index (χ3v) is 10.5. The van der Waals surface area contributed by atoms with E-state index in [1.54, 1.807) is 13.8 Å². The summed E-state index contributed by atoms with van der Waals surface area (Å²) < 4.78 is 10.5. The molecule has 0 radical (unpaired) electrons. The van der Waals surface area contributed by atoms with Gasteiger partial charge in [0.25, 0.3) is 0 Å². The first-order chi connectivity index (χ1) is 26.8. The molecule has 2 aromatic rings. The summed E-state index contributed by atoms with van der Waals surface area (Å²) in [6.07, 6.45) is 0.0254. The maximum Gasteiger partial charge on any atom is 0.355 e. The number of carbonyl (C=O) groups excluding carboxylic acids is 6. The van der Waals surface area contributed by atoms with E-state index < -0.39 is 96.4 Å². The van der Waals surface area contributed by atoms with Crippen molar-refractivity contribution in [3.63, 3.8) is 0 Å². The third-order valence-electron chi connectivity index (χ3n) is 9.16. The Balaban J connectivity index is 1.79. The fourth-order valence-corrected chi connectivity index (χ4v) is 7.53. The van der Waals surface area contributed by atoms with Crippen molar-refractivity contribution in [2.45, 2.75) is 110 Å². The average Bonchev–Trinajstić information content (AvgIpc) is 3.84. The minimum absolute atomic E-state index is 0.117. The van der Waals surface area contributed by atoms with E-state index in [0.29, 0.717) is 17.8 Å². The quantitative estimate of drug-likeness (QED) is 0.0871. The average molecular weight is 832 g/mol. The third kappa shape index (κ3) is 13.6. The topological polar surface area (TPSA) is 248 Å². The van der Waals surface area contributed by atoms with Crippen LogP contribution in [-0.4, -0.2) is 111 Å². The molecular formula is C38H53N7O10S2. The largest absolute Gasteiger partial charge is 0.476 e. The number of benzene rings is 1. The van der Waals surface area contributed by atoms with Crippen LogP contribution in [0.2, 0.25) is 0 Å². The van der Waals surface area contributed by atoms with Crippen LogP contribution in [0.3, 0.4) is 0 Å². The molecule has 19 heteroatoms. The van der Waals surface area contributed by atoms with Gasteiger partial charge in [-0.2, -0.15) is 0 Å². The lowest BCUT2D eigenvalue weighted by Gasteiger charge is -2.34. The highest BCUT2D eigenvalue weighted by Crippen LogP contribution is 2.26. The molecule has 57 heavy (non-hydrogen) atoms. The highest BCUT2D eigenvalue weighted by atomic mass is 32.1. The number of esters is 2. The zero-order chi connectivity index (χ0) is 42.6. The molecule has 312 valence electrons. The number of carboxylic acids is 1. The first-order valence-electron chi connectivity index (χ1n) is 18.6. The minimum atomic E-state index is -1.40. The fourth-order valence-electron chi connectivity index (χ4n) is 6.13. The van der Waals surface area contributed by atoms with Gasteiger partial charge >= 0.3 is 17.9 Å². The van der Waals surface area contributed by atoms with E-state index in [-0.39, 0.29) is 29.6 Å². The SMILES string of the molecule is CC(=O)OC[C@H](NC(=S)[C@@H]1CCCN1C(=O)[C@@H](NC(=O)[C@@H](NC(=O)[C@H](N)Cc1ccccc1)[C@H](C)OC(C)=O)C(C)C)C(=O)N[C@H](c1nc(C(=O)O)cs1)C(C)C. The molecule has 17 nitrogen and oxygen atoms in total. The number of carboxylic acid groups (broad SMARTS) is 1. The maximum absolute atomic E-state index is 14.2. The van der Waals surface area contributed by atoms with E-state index in [9.17, 15) is 38.7 Å². The Labute approximate surface area is 341 Å². The molecule has 1 saturated heterocycles. The molecule has 0 unspecified atom stereocenters. The predicted molar refractivity (Wildman–Crippen MR) is 214 cm³/mol. The van der Waals surface area contributed by atoms with E-state index in [2.05, 4.69) is 26.3 Å². The molecule has 0 spiro atoms. The van der Waals surface area contributed by atoms with Crippen LogP contribution in [0.4, 0.5) is 0 Å². The molecule has 4 amide bonds. The molecule has 2 heterocycles. The number of nitrogens with one attached hydrogen (secondary N) is 4. The Hall–Kier alpha value is -5.01. The van der Waals surface area contributed by atoms with Gasteiger partial charge in [0.15, 0.2) is 5.69 Å². The highest BCUT2D eigenvalue weighted by molar-refractivity contribution is 7.80. The van der Waals surface area contributed by atoms with E-state index in [0.717, 1.165) is 16.9 Å². The standard InChI is InChI=1S/C38H53N7O10S2/c1-19(2)29(36-41-27(18-57-36)38(52)53)42-33(49)26(17-54-22(6)46)40-35(56)28-14-11-15-45(28)37(51)30(20(3)4)43-34(50)31(21(5)55-23(7)47)44-32(48)25(39)16-24-12-9-8-10-13-24/h8-10,12-13,18-21,25-26,28-31H,11,14-17,39H2,1-7H3,(H,40,56)(H,42,49)(H,43,50)(H,44,48)(H,52,53)/t21-,25+,26-,28-,29-,30-,31-/m0/s1. The number of aromatic carboxylic acids is 1. The van der Waals surface area contributed by atoms with Crippen LogP contribution in [0.25, 0.3) is 0 Å². The molecule has 1 aromatic carbocycles. The van der Waals surface area contributed by atoms with Gasteiger partial charge in [-0.15, -0.1) is 11.3 Å². The second kappa shape index (κ2) is 21.5. The fraction of sp³-hybridized carbons (Fsp3) is 0.553. The Morgan fingerprint density at radius 1 is 0.912 bits per heavy atom. The zero-order valence-electron chi connectivity index (χ0n) is 33.1. The van der Waals surface area contributed by atoms with Crippen LogP contribution in [0.1, 0.15) is 88.4 Å². The molecule has 1 fully saturated rings. The van der Waals surface area contributed by atoms with Crippen molar-refractivity contribution in [1.82, 2.24) is 31.2 Å². The number of nitrogens with two attached hydrogens (primary N) is 1. The van der Waals surface area contributed by atoms with Gasteiger partial charge in [-0.1, -0.05) is 70.2 Å². The van der Waals surface area contributed by atoms with Gasteiger partial charge in [-0.3, -0.25) is 28.8 Å². The molecule has 1 aliphatic heterocycles. The van der Waals surface area contributed by atoms with Crippen LogP contribution in [-0.2, 0) is 44.7 Å². The van der Waals surface area contributed by atoms with Gasteiger partial charge in [0.2, 0.25) is 23.6 Å². The van der Waals surface area contributed by atoms with Crippen molar-refractivity contribution in [2.75, 3.05) is 13.2 Å². The summed E-state index contributed by atoms with van der Waals surface area (Å²) in [5.41, 5.74) is 6.83. The van der Waals surface area contributed by atoms with E-state index in [1.165, 1.54) is 31.1 Å². The lowest BCUT2D eigenvalue weighted by Crippen LogP contribution is -2.62. The predicted octanol–water partition coefficient (Wildman–Crippen LogP) is 1.64. The van der Waals surface area contributed by atoms with E-state index >= 15 is 0 Å². The second-order valence-electron chi connectivity index (χ2n) is 14.5. The van der Waals surface area contributed by atoms with Gasteiger partial charge in [-0.05, 0) is 43.6 Å². The van der Waals surface area contributed by atoms with Crippen LogP contribution in [0, 0.1) is 11.8 Å². The van der Waals surface area contributed by atoms with Crippen molar-refractivity contribution >= 4 is 70.1 Å². The number of carbonyl (C=O) groups is 7. The Kier molecular flexibility index (Phi) is 17.5. The van der Waals surface area contributed by atoms with Crippen molar-refractivity contribution in [3.05, 3.63) is 52.0 Å². The first kappa shape index (κ1) is 46.4. The summed E-state index contributed by atoms with van der Waals surface area (Å²) in [4.78, 5) is 95.9. The Morgan fingerprint density at radius 2 is 1.56 bits per heavy atom. The summed E-state index contributed by atoms with van der Waals surface area (Å²) in [6.45, 7) is 10.8.